The Kier molecular flexibility index (Phi) is 3.18. The van der Waals surface area contributed by atoms with Crippen LogP contribution < -0.4 is 0 Å². The molecule has 0 N–H and O–H groups in total. The Morgan fingerprint density at radius 2 is 1.86 bits per heavy atom. The molecule has 0 aliphatic heterocycles. The predicted molar refractivity (Wildman–Crippen MR) is 59.4 cm³/mol. The molecule has 2 heterocycles. The first kappa shape index (κ1) is 10.9. The summed E-state index contributed by atoms with van der Waals surface area (Å²) in [5.74, 6) is 0.586. The van der Waals surface area contributed by atoms with Crippen LogP contribution in [-0.4, -0.2) is 0 Å². The van der Waals surface area contributed by atoms with Crippen molar-refractivity contribution in [3.63, 3.8) is 0 Å². The molecule has 1 aliphatic carbocycles. The third-order valence-corrected chi connectivity index (χ3v) is 4.54. The minimum atomic E-state index is 0. The largest absolute Gasteiger partial charge is 0.225 e. The molecule has 3 rings (SSSR count). The number of hydrogen-bond donors (Lipinski definition) is 0. The monoisotopic (exact) mass is 294 g/mol. The Balaban J connectivity index is 0.000000750. The Morgan fingerprint density at radius 3 is 2.71 bits per heavy atom. The van der Waals surface area contributed by atoms with Crippen LogP contribution in [0.3, 0.4) is 0 Å². The van der Waals surface area contributed by atoms with Crippen LogP contribution in [0.5, 0.6) is 0 Å². The fourth-order valence-corrected chi connectivity index (χ4v) is 3.96. The van der Waals surface area contributed by atoms with Crippen LogP contribution in [0, 0.1) is 6.42 Å². The summed E-state index contributed by atoms with van der Waals surface area (Å²) in [6, 6.07) is 4.48. The third kappa shape index (κ3) is 1.53. The average Bonchev–Trinajstić information content (AvgIpc) is 2.66. The van der Waals surface area contributed by atoms with Crippen LogP contribution in [0.2, 0.25) is 0 Å². The topological polar surface area (TPSA) is 0 Å². The number of rotatable bonds is 0. The van der Waals surface area contributed by atoms with E-state index in [2.05, 4.69) is 36.2 Å². The molecule has 3 heteroatoms. The molecule has 14 heavy (non-hydrogen) atoms. The standard InChI is InChI=1S/C11H9S2.Y/c1-7-6-8-2-4-12-10(8)11-9(7)3-5-13-11;/h2-7H,1H3;/q-1;. The van der Waals surface area contributed by atoms with Crippen molar-refractivity contribution in [3.8, 4) is 9.75 Å². The zero-order valence-corrected chi connectivity index (χ0v) is 12.3. The summed E-state index contributed by atoms with van der Waals surface area (Å²) in [6.45, 7) is 2.27. The molecule has 0 spiro atoms. The molecule has 0 saturated heterocycles. The summed E-state index contributed by atoms with van der Waals surface area (Å²) in [7, 11) is 0. The van der Waals surface area contributed by atoms with E-state index in [-0.39, 0.29) is 32.7 Å². The average molecular weight is 294 g/mol. The summed E-state index contributed by atoms with van der Waals surface area (Å²) >= 11 is 3.72. The van der Waals surface area contributed by atoms with Gasteiger partial charge in [-0.15, -0.1) is 0 Å². The van der Waals surface area contributed by atoms with Gasteiger partial charge in [0.05, 0.1) is 0 Å². The fourth-order valence-electron chi connectivity index (χ4n) is 1.86. The minimum absolute atomic E-state index is 0. The molecule has 1 aliphatic rings. The van der Waals surface area contributed by atoms with E-state index in [1.807, 2.05) is 22.7 Å². The van der Waals surface area contributed by atoms with Gasteiger partial charge in [-0.05, 0) is 27.8 Å². The summed E-state index contributed by atoms with van der Waals surface area (Å²) in [5.41, 5.74) is 2.92. The zero-order chi connectivity index (χ0) is 8.84. The van der Waals surface area contributed by atoms with Crippen molar-refractivity contribution in [2.24, 2.45) is 0 Å². The molecular formula is C11H9S2Y-. The van der Waals surface area contributed by atoms with Crippen LogP contribution >= 0.6 is 22.7 Å². The Bertz CT molecular complexity index is 442. The van der Waals surface area contributed by atoms with Crippen LogP contribution in [0.1, 0.15) is 24.0 Å². The van der Waals surface area contributed by atoms with Crippen LogP contribution in [0.15, 0.2) is 22.9 Å². The van der Waals surface area contributed by atoms with E-state index in [0.29, 0.717) is 5.92 Å². The molecule has 0 fully saturated rings. The SMILES string of the molecule is CC1[CH-]c2ccsc2-c2sccc21.[Y]. The van der Waals surface area contributed by atoms with Gasteiger partial charge in [0.1, 0.15) is 0 Å². The molecule has 0 nitrogen and oxygen atoms in total. The fraction of sp³-hybridized carbons (Fsp3) is 0.182. The van der Waals surface area contributed by atoms with Crippen LogP contribution in [0.4, 0.5) is 0 Å². The van der Waals surface area contributed by atoms with Crippen LogP contribution in [-0.2, 0) is 32.7 Å². The van der Waals surface area contributed by atoms with E-state index in [1.54, 1.807) is 0 Å². The quantitative estimate of drug-likeness (QED) is 0.640. The van der Waals surface area contributed by atoms with Crippen molar-refractivity contribution < 1.29 is 32.7 Å². The van der Waals surface area contributed by atoms with Gasteiger partial charge >= 0.3 is 0 Å². The summed E-state index contributed by atoms with van der Waals surface area (Å²) < 4.78 is 0. The van der Waals surface area contributed by atoms with Gasteiger partial charge in [0, 0.05) is 32.7 Å². The molecule has 69 valence electrons. The Labute approximate surface area is 117 Å². The van der Waals surface area contributed by atoms with Gasteiger partial charge in [0.25, 0.3) is 0 Å². The minimum Gasteiger partial charge on any atom is -0.225 e. The van der Waals surface area contributed by atoms with Gasteiger partial charge < -0.3 is 0 Å². The molecule has 0 bridgehead atoms. The predicted octanol–water partition coefficient (Wildman–Crippen LogP) is 4.14. The molecule has 0 aromatic carbocycles. The van der Waals surface area contributed by atoms with Gasteiger partial charge in [-0.1, -0.05) is 17.2 Å². The van der Waals surface area contributed by atoms with Gasteiger partial charge in [-0.3, -0.25) is 0 Å². The van der Waals surface area contributed by atoms with Crippen molar-refractivity contribution in [2.45, 2.75) is 12.8 Å². The number of fused-ring (bicyclic) bond motifs is 3. The molecule has 0 amide bonds. The number of thiophene rings is 2. The first-order chi connectivity index (χ1) is 6.36. The normalized spacial score (nSPS) is 17.6. The van der Waals surface area contributed by atoms with Crippen LogP contribution in [0.25, 0.3) is 9.75 Å². The second kappa shape index (κ2) is 4.09. The van der Waals surface area contributed by atoms with Gasteiger partial charge in [-0.2, -0.15) is 29.4 Å². The maximum atomic E-state index is 2.36. The second-order valence-corrected chi connectivity index (χ2v) is 5.20. The first-order valence-corrected chi connectivity index (χ1v) is 6.12. The third-order valence-electron chi connectivity index (χ3n) is 2.52. The second-order valence-electron chi connectivity index (χ2n) is 3.37. The zero-order valence-electron chi connectivity index (χ0n) is 7.86. The van der Waals surface area contributed by atoms with Gasteiger partial charge in [-0.25, -0.2) is 11.3 Å². The Hall–Kier alpha value is 0.374. The molecule has 1 atom stereocenters. The molecule has 2 aromatic heterocycles. The molecular weight excluding hydrogens is 285 g/mol. The van der Waals surface area contributed by atoms with Crippen molar-refractivity contribution in [1.29, 1.82) is 0 Å². The van der Waals surface area contributed by atoms with E-state index in [9.17, 15) is 0 Å². The van der Waals surface area contributed by atoms with E-state index in [0.717, 1.165) is 0 Å². The molecule has 2 aromatic rings. The maximum absolute atomic E-state index is 2.36. The number of hydrogen-bond acceptors (Lipinski definition) is 2. The van der Waals surface area contributed by atoms with E-state index >= 15 is 0 Å². The van der Waals surface area contributed by atoms with E-state index in [4.69, 9.17) is 0 Å². The van der Waals surface area contributed by atoms with Gasteiger partial charge in [0.15, 0.2) is 0 Å². The first-order valence-electron chi connectivity index (χ1n) is 4.36. The summed E-state index contributed by atoms with van der Waals surface area (Å²) in [6.07, 6.45) is 2.36. The molecule has 0 saturated carbocycles. The Morgan fingerprint density at radius 1 is 1.14 bits per heavy atom. The summed E-state index contributed by atoms with van der Waals surface area (Å²) in [5, 5.41) is 4.38. The maximum Gasteiger partial charge on any atom is 0 e. The van der Waals surface area contributed by atoms with E-state index in [1.165, 1.54) is 20.9 Å². The molecule has 1 unspecified atom stereocenters. The van der Waals surface area contributed by atoms with Crippen molar-refractivity contribution in [1.82, 2.24) is 0 Å². The van der Waals surface area contributed by atoms with E-state index < -0.39 is 0 Å². The van der Waals surface area contributed by atoms with Crippen molar-refractivity contribution in [2.75, 3.05) is 0 Å². The van der Waals surface area contributed by atoms with Crippen molar-refractivity contribution in [3.05, 3.63) is 40.4 Å². The smallest absolute Gasteiger partial charge is 0 e. The molecule has 1 radical (unpaired) electrons. The summed E-state index contributed by atoms with van der Waals surface area (Å²) in [4.78, 5) is 2.95. The van der Waals surface area contributed by atoms with Gasteiger partial charge in [0.2, 0.25) is 0 Å². The van der Waals surface area contributed by atoms with Crippen molar-refractivity contribution >= 4 is 22.7 Å².